The Bertz CT molecular complexity index is 537. The van der Waals surface area contributed by atoms with Crippen LogP contribution in [0.2, 0.25) is 0 Å². The molecule has 114 valence electrons. The van der Waals surface area contributed by atoms with E-state index < -0.39 is 11.7 Å². The van der Waals surface area contributed by atoms with Gasteiger partial charge in [0.15, 0.2) is 0 Å². The van der Waals surface area contributed by atoms with Gasteiger partial charge in [-0.25, -0.2) is 0 Å². The minimum Gasteiger partial charge on any atom is -0.381 e. The molecule has 0 saturated heterocycles. The van der Waals surface area contributed by atoms with Crippen LogP contribution in [0, 0.1) is 11.3 Å². The maximum absolute atomic E-state index is 12.8. The van der Waals surface area contributed by atoms with Crippen LogP contribution in [-0.2, 0) is 6.18 Å². The molecule has 1 aliphatic rings. The number of anilines is 1. The van der Waals surface area contributed by atoms with E-state index in [-0.39, 0.29) is 11.6 Å². The maximum Gasteiger partial charge on any atom is 0.417 e. The highest BCUT2D eigenvalue weighted by Gasteiger charge is 2.34. The molecule has 1 fully saturated rings. The zero-order chi connectivity index (χ0) is 15.5. The van der Waals surface area contributed by atoms with Gasteiger partial charge < -0.3 is 5.32 Å². The van der Waals surface area contributed by atoms with Gasteiger partial charge in [-0.3, -0.25) is 0 Å². The second-order valence-corrected chi connectivity index (χ2v) is 6.56. The van der Waals surface area contributed by atoms with E-state index in [2.05, 4.69) is 12.2 Å². The van der Waals surface area contributed by atoms with Gasteiger partial charge in [0.05, 0.1) is 17.2 Å². The highest BCUT2D eigenvalue weighted by molar-refractivity contribution is 7.99. The normalized spacial score (nSPS) is 22.0. The molecule has 1 aliphatic carbocycles. The van der Waals surface area contributed by atoms with Crippen LogP contribution in [0.15, 0.2) is 18.2 Å². The third kappa shape index (κ3) is 3.85. The summed E-state index contributed by atoms with van der Waals surface area (Å²) in [6.45, 7) is 2.10. The Morgan fingerprint density at radius 3 is 2.76 bits per heavy atom. The van der Waals surface area contributed by atoms with Crippen molar-refractivity contribution in [1.82, 2.24) is 0 Å². The fourth-order valence-corrected chi connectivity index (χ4v) is 3.89. The summed E-state index contributed by atoms with van der Waals surface area (Å²) in [6, 6.07) is 5.60. The predicted octanol–water partition coefficient (Wildman–Crippen LogP) is 4.66. The first kappa shape index (κ1) is 16.0. The molecule has 2 atom stereocenters. The van der Waals surface area contributed by atoms with Crippen LogP contribution < -0.4 is 5.32 Å². The van der Waals surface area contributed by atoms with Crippen LogP contribution in [0.1, 0.15) is 37.3 Å². The van der Waals surface area contributed by atoms with E-state index in [1.807, 2.05) is 11.8 Å². The van der Waals surface area contributed by atoms with Crippen molar-refractivity contribution < 1.29 is 13.2 Å². The van der Waals surface area contributed by atoms with Gasteiger partial charge in [0, 0.05) is 17.0 Å². The second kappa shape index (κ2) is 6.61. The fraction of sp³-hybridized carbons (Fsp3) is 0.533. The third-order valence-corrected chi connectivity index (χ3v) is 4.96. The Hall–Kier alpha value is -1.35. The molecular formula is C15H17F3N2S. The highest BCUT2D eigenvalue weighted by Crippen LogP contribution is 2.35. The maximum atomic E-state index is 12.8. The van der Waals surface area contributed by atoms with Crippen molar-refractivity contribution in [1.29, 1.82) is 5.26 Å². The molecule has 0 aromatic heterocycles. The van der Waals surface area contributed by atoms with Crippen molar-refractivity contribution >= 4 is 17.4 Å². The Labute approximate surface area is 126 Å². The van der Waals surface area contributed by atoms with E-state index in [1.165, 1.54) is 12.1 Å². The second-order valence-electron chi connectivity index (χ2n) is 5.05. The number of benzene rings is 1. The molecule has 2 rings (SSSR count). The summed E-state index contributed by atoms with van der Waals surface area (Å²) in [5.74, 6) is 1.03. The highest BCUT2D eigenvalue weighted by atomic mass is 32.2. The van der Waals surface area contributed by atoms with Crippen LogP contribution in [0.25, 0.3) is 0 Å². The molecule has 2 unspecified atom stereocenters. The summed E-state index contributed by atoms with van der Waals surface area (Å²) in [4.78, 5) is 0. The summed E-state index contributed by atoms with van der Waals surface area (Å²) < 4.78 is 38.3. The van der Waals surface area contributed by atoms with Gasteiger partial charge in [-0.1, -0.05) is 13.3 Å². The molecule has 21 heavy (non-hydrogen) atoms. The van der Waals surface area contributed by atoms with Crippen LogP contribution in [0.3, 0.4) is 0 Å². The fourth-order valence-electron chi connectivity index (χ4n) is 2.69. The van der Waals surface area contributed by atoms with Crippen LogP contribution in [-0.4, -0.2) is 17.0 Å². The van der Waals surface area contributed by atoms with Crippen LogP contribution in [0.5, 0.6) is 0 Å². The lowest BCUT2D eigenvalue weighted by Gasteiger charge is -2.22. The summed E-state index contributed by atoms with van der Waals surface area (Å²) in [5, 5.41) is 12.7. The average Bonchev–Trinajstić information content (AvgIpc) is 2.85. The molecule has 0 aliphatic heterocycles. The lowest BCUT2D eigenvalue weighted by molar-refractivity contribution is -0.137. The number of rotatable bonds is 4. The molecule has 0 heterocycles. The SMILES string of the molecule is CCSC1CCCC1Nc1ccc(C(F)(F)F)c(C#N)c1. The summed E-state index contributed by atoms with van der Waals surface area (Å²) in [5.41, 5.74) is -0.611. The van der Waals surface area contributed by atoms with Gasteiger partial charge in [0.2, 0.25) is 0 Å². The van der Waals surface area contributed by atoms with Gasteiger partial charge in [-0.05, 0) is 36.8 Å². The monoisotopic (exact) mass is 314 g/mol. The largest absolute Gasteiger partial charge is 0.417 e. The van der Waals surface area contributed by atoms with Gasteiger partial charge in [0.25, 0.3) is 0 Å². The predicted molar refractivity (Wildman–Crippen MR) is 79.3 cm³/mol. The molecule has 1 aromatic carbocycles. The number of hydrogen-bond acceptors (Lipinski definition) is 3. The summed E-state index contributed by atoms with van der Waals surface area (Å²) in [6.07, 6.45) is -1.22. The van der Waals surface area contributed by atoms with Crippen molar-refractivity contribution in [3.8, 4) is 6.07 Å². The lowest BCUT2D eigenvalue weighted by Crippen LogP contribution is -2.26. The molecule has 6 heteroatoms. The Morgan fingerprint density at radius 2 is 2.14 bits per heavy atom. The van der Waals surface area contributed by atoms with Crippen molar-refractivity contribution in [3.63, 3.8) is 0 Å². The quantitative estimate of drug-likeness (QED) is 0.877. The first-order valence-corrected chi connectivity index (χ1v) is 8.00. The van der Waals surface area contributed by atoms with E-state index >= 15 is 0 Å². The third-order valence-electron chi connectivity index (χ3n) is 3.63. The van der Waals surface area contributed by atoms with E-state index in [1.54, 1.807) is 6.07 Å². The molecule has 1 saturated carbocycles. The Morgan fingerprint density at radius 1 is 1.38 bits per heavy atom. The molecule has 0 bridgehead atoms. The van der Waals surface area contributed by atoms with Gasteiger partial charge in [-0.2, -0.15) is 30.2 Å². The molecule has 0 amide bonds. The van der Waals surface area contributed by atoms with Crippen molar-refractivity contribution in [2.45, 2.75) is 43.7 Å². The summed E-state index contributed by atoms with van der Waals surface area (Å²) in [7, 11) is 0. The topological polar surface area (TPSA) is 35.8 Å². The zero-order valence-corrected chi connectivity index (χ0v) is 12.5. The lowest BCUT2D eigenvalue weighted by atomic mass is 10.1. The van der Waals surface area contributed by atoms with Crippen LogP contribution >= 0.6 is 11.8 Å². The first-order chi connectivity index (χ1) is 9.95. The number of nitrogens with one attached hydrogen (secondary N) is 1. The Kier molecular flexibility index (Phi) is 5.04. The van der Waals surface area contributed by atoms with Crippen molar-refractivity contribution in [2.75, 3.05) is 11.1 Å². The van der Waals surface area contributed by atoms with E-state index in [4.69, 9.17) is 5.26 Å². The van der Waals surface area contributed by atoms with Gasteiger partial charge in [-0.15, -0.1) is 0 Å². The summed E-state index contributed by atoms with van der Waals surface area (Å²) >= 11 is 1.88. The molecular weight excluding hydrogens is 297 g/mol. The number of hydrogen-bond donors (Lipinski definition) is 1. The number of halogens is 3. The minimum atomic E-state index is -4.49. The Balaban J connectivity index is 2.17. The molecule has 0 radical (unpaired) electrons. The zero-order valence-electron chi connectivity index (χ0n) is 11.7. The number of nitriles is 1. The first-order valence-electron chi connectivity index (χ1n) is 6.95. The average molecular weight is 314 g/mol. The number of nitrogens with zero attached hydrogens (tertiary/aromatic N) is 1. The molecule has 2 nitrogen and oxygen atoms in total. The molecule has 0 spiro atoms. The number of thioether (sulfide) groups is 1. The van der Waals surface area contributed by atoms with Crippen LogP contribution in [0.4, 0.5) is 18.9 Å². The molecule has 1 aromatic rings. The van der Waals surface area contributed by atoms with E-state index in [9.17, 15) is 13.2 Å². The van der Waals surface area contributed by atoms with Crippen molar-refractivity contribution in [2.24, 2.45) is 0 Å². The van der Waals surface area contributed by atoms with Gasteiger partial charge >= 0.3 is 6.18 Å². The van der Waals surface area contributed by atoms with E-state index in [0.29, 0.717) is 10.9 Å². The molecule has 1 N–H and O–H groups in total. The number of alkyl halides is 3. The van der Waals surface area contributed by atoms with Crippen molar-refractivity contribution in [3.05, 3.63) is 29.3 Å². The van der Waals surface area contributed by atoms with E-state index in [0.717, 1.165) is 31.1 Å². The smallest absolute Gasteiger partial charge is 0.381 e. The standard InChI is InChI=1S/C15H17F3N2S/c1-2-21-14-5-3-4-13(14)20-11-6-7-12(15(16,17)18)10(8-11)9-19/h6-8,13-14,20H,2-5H2,1H3. The minimum absolute atomic E-state index is 0.262. The van der Waals surface area contributed by atoms with Gasteiger partial charge in [0.1, 0.15) is 0 Å².